The first-order chi connectivity index (χ1) is 14.3. The Morgan fingerprint density at radius 3 is 2.23 bits per heavy atom. The van der Waals surface area contributed by atoms with Gasteiger partial charge in [-0.2, -0.15) is 0 Å². The van der Waals surface area contributed by atoms with Crippen LogP contribution in [-0.4, -0.2) is 73.4 Å². The van der Waals surface area contributed by atoms with Gasteiger partial charge in [0.1, 0.15) is 12.1 Å². The van der Waals surface area contributed by atoms with Crippen LogP contribution >= 0.6 is 0 Å². The fourth-order valence-electron chi connectivity index (χ4n) is 5.04. The van der Waals surface area contributed by atoms with Crippen molar-refractivity contribution >= 4 is 27.9 Å². The molecule has 2 N–H and O–H groups in total. The minimum atomic E-state index is -3.18. The number of rotatable bonds is 5. The van der Waals surface area contributed by atoms with Gasteiger partial charge < -0.3 is 10.6 Å². The van der Waals surface area contributed by atoms with Crippen LogP contribution < -0.4 is 10.6 Å². The van der Waals surface area contributed by atoms with E-state index in [-0.39, 0.29) is 29.7 Å². The predicted molar refractivity (Wildman–Crippen MR) is 117 cm³/mol. The number of hydrogen-bond acceptors (Lipinski definition) is 5. The number of carbonyl (C=O) groups excluding carboxylic acids is 3. The molecular formula is C21H36N4O5S. The maximum atomic E-state index is 13.0. The Labute approximate surface area is 185 Å². The van der Waals surface area contributed by atoms with Crippen molar-refractivity contribution in [3.05, 3.63) is 0 Å². The minimum absolute atomic E-state index is 0.171. The van der Waals surface area contributed by atoms with Gasteiger partial charge in [0, 0.05) is 19.6 Å². The van der Waals surface area contributed by atoms with E-state index in [2.05, 4.69) is 31.4 Å². The van der Waals surface area contributed by atoms with E-state index in [0.29, 0.717) is 51.2 Å². The number of sulfonamides is 1. The average Bonchev–Trinajstić information content (AvgIpc) is 2.90. The van der Waals surface area contributed by atoms with E-state index in [0.717, 1.165) is 17.7 Å². The Balaban J connectivity index is 1.48. The van der Waals surface area contributed by atoms with Crippen molar-refractivity contribution in [2.24, 2.45) is 17.3 Å². The lowest BCUT2D eigenvalue weighted by Gasteiger charge is -2.40. The molecule has 1 saturated carbocycles. The molecule has 2 saturated heterocycles. The largest absolute Gasteiger partial charge is 0.354 e. The molecule has 0 aromatic heterocycles. The molecule has 31 heavy (non-hydrogen) atoms. The van der Waals surface area contributed by atoms with Crippen molar-refractivity contribution in [2.45, 2.75) is 64.8 Å². The van der Waals surface area contributed by atoms with E-state index in [4.69, 9.17) is 0 Å². The maximum absolute atomic E-state index is 13.0. The summed E-state index contributed by atoms with van der Waals surface area (Å²) in [5, 5.41) is 5.68. The van der Waals surface area contributed by atoms with E-state index in [1.165, 1.54) is 10.6 Å². The smallest absolute Gasteiger partial charge is 0.325 e. The molecule has 0 aromatic rings. The molecule has 4 amide bonds. The van der Waals surface area contributed by atoms with Gasteiger partial charge in [0.2, 0.25) is 15.9 Å². The molecule has 9 nitrogen and oxygen atoms in total. The molecule has 1 aliphatic carbocycles. The molecule has 3 rings (SSSR count). The SMILES string of the molecule is CC(C)(C)C1CCC2(CC1)NC(=O)N(CC(=O)NCC1CCN(S(C)(=O)=O)CC1)C2=O. The predicted octanol–water partition coefficient (Wildman–Crippen LogP) is 1.30. The molecule has 10 heteroatoms. The molecule has 2 heterocycles. The molecular weight excluding hydrogens is 420 g/mol. The molecule has 1 spiro atoms. The Kier molecular flexibility index (Phi) is 6.72. The molecule has 0 aromatic carbocycles. The number of amides is 4. The lowest BCUT2D eigenvalue weighted by atomic mass is 9.67. The first-order valence-corrected chi connectivity index (χ1v) is 13.0. The Hall–Kier alpha value is -1.68. The van der Waals surface area contributed by atoms with Gasteiger partial charge in [-0.25, -0.2) is 17.5 Å². The standard InChI is InChI=1S/C21H36N4O5S/c1-20(2,3)16-5-9-21(10-6-16)18(27)25(19(28)23-21)14-17(26)22-13-15-7-11-24(12-8-15)31(4,29)30/h15-16H,5-14H2,1-4H3,(H,22,26)(H,23,28). The first kappa shape index (κ1) is 24.0. The zero-order chi connectivity index (χ0) is 23.0. The van der Waals surface area contributed by atoms with Crippen LogP contribution in [0.5, 0.6) is 0 Å². The number of piperidine rings is 1. The van der Waals surface area contributed by atoms with Gasteiger partial charge in [0.25, 0.3) is 5.91 Å². The van der Waals surface area contributed by atoms with Gasteiger partial charge in [-0.3, -0.25) is 14.5 Å². The molecule has 0 atom stereocenters. The number of hydrogen-bond donors (Lipinski definition) is 2. The van der Waals surface area contributed by atoms with Gasteiger partial charge in [-0.15, -0.1) is 0 Å². The number of imide groups is 1. The van der Waals surface area contributed by atoms with Gasteiger partial charge in [0.05, 0.1) is 6.26 Å². The second kappa shape index (κ2) is 8.69. The summed E-state index contributed by atoms with van der Waals surface area (Å²) in [6, 6.07) is -0.490. The molecule has 3 aliphatic rings. The zero-order valence-corrected chi connectivity index (χ0v) is 19.9. The summed E-state index contributed by atoms with van der Waals surface area (Å²) in [6.45, 7) is 7.63. The van der Waals surface area contributed by atoms with Crippen LogP contribution in [0.25, 0.3) is 0 Å². The highest BCUT2D eigenvalue weighted by Crippen LogP contribution is 2.43. The summed E-state index contributed by atoms with van der Waals surface area (Å²) in [4.78, 5) is 38.9. The van der Waals surface area contributed by atoms with Crippen LogP contribution in [0.2, 0.25) is 0 Å². The number of carbonyl (C=O) groups is 3. The van der Waals surface area contributed by atoms with Crippen LogP contribution in [-0.2, 0) is 19.6 Å². The van der Waals surface area contributed by atoms with E-state index < -0.39 is 21.6 Å². The second-order valence-corrected chi connectivity index (χ2v) is 12.4. The average molecular weight is 457 g/mol. The normalized spacial score (nSPS) is 28.8. The lowest BCUT2D eigenvalue weighted by Crippen LogP contribution is -2.51. The third-order valence-corrected chi connectivity index (χ3v) is 8.55. The molecule has 2 aliphatic heterocycles. The van der Waals surface area contributed by atoms with Crippen molar-refractivity contribution in [3.63, 3.8) is 0 Å². The van der Waals surface area contributed by atoms with Crippen LogP contribution in [0.1, 0.15) is 59.3 Å². The monoisotopic (exact) mass is 456 g/mol. The van der Waals surface area contributed by atoms with Gasteiger partial charge in [-0.1, -0.05) is 20.8 Å². The molecule has 0 radical (unpaired) electrons. The van der Waals surface area contributed by atoms with Crippen molar-refractivity contribution < 1.29 is 22.8 Å². The highest BCUT2D eigenvalue weighted by molar-refractivity contribution is 7.88. The van der Waals surface area contributed by atoms with Crippen molar-refractivity contribution in [2.75, 3.05) is 32.4 Å². The lowest BCUT2D eigenvalue weighted by molar-refractivity contribution is -0.136. The summed E-state index contributed by atoms with van der Waals surface area (Å²) in [6.07, 6.45) is 5.52. The van der Waals surface area contributed by atoms with Crippen LogP contribution in [0.15, 0.2) is 0 Å². The van der Waals surface area contributed by atoms with E-state index in [1.807, 2.05) is 0 Å². The highest BCUT2D eigenvalue weighted by Gasteiger charge is 2.53. The van der Waals surface area contributed by atoms with Crippen molar-refractivity contribution in [1.82, 2.24) is 19.8 Å². The fraction of sp³-hybridized carbons (Fsp3) is 0.857. The summed E-state index contributed by atoms with van der Waals surface area (Å²) in [5.74, 6) is 0.0364. The quantitative estimate of drug-likeness (QED) is 0.605. The molecule has 0 bridgehead atoms. The summed E-state index contributed by atoms with van der Waals surface area (Å²) >= 11 is 0. The number of urea groups is 1. The van der Waals surface area contributed by atoms with Gasteiger partial charge in [-0.05, 0) is 55.8 Å². The first-order valence-electron chi connectivity index (χ1n) is 11.2. The maximum Gasteiger partial charge on any atom is 0.325 e. The summed E-state index contributed by atoms with van der Waals surface area (Å²) in [7, 11) is -3.18. The van der Waals surface area contributed by atoms with E-state index >= 15 is 0 Å². The van der Waals surface area contributed by atoms with Crippen molar-refractivity contribution in [1.29, 1.82) is 0 Å². The summed E-state index contributed by atoms with van der Waals surface area (Å²) in [5.41, 5.74) is -0.693. The van der Waals surface area contributed by atoms with E-state index in [1.54, 1.807) is 0 Å². The summed E-state index contributed by atoms with van der Waals surface area (Å²) < 4.78 is 24.6. The van der Waals surface area contributed by atoms with Crippen LogP contribution in [0, 0.1) is 17.3 Å². The van der Waals surface area contributed by atoms with E-state index in [9.17, 15) is 22.8 Å². The Bertz CT molecular complexity index is 819. The topological polar surface area (TPSA) is 116 Å². The number of nitrogens with zero attached hydrogens (tertiary/aromatic N) is 2. The fourth-order valence-corrected chi connectivity index (χ4v) is 5.91. The van der Waals surface area contributed by atoms with Crippen LogP contribution in [0.3, 0.4) is 0 Å². The zero-order valence-electron chi connectivity index (χ0n) is 19.1. The minimum Gasteiger partial charge on any atom is -0.354 e. The third kappa shape index (κ3) is 5.39. The number of nitrogens with one attached hydrogen (secondary N) is 2. The Morgan fingerprint density at radius 2 is 1.71 bits per heavy atom. The third-order valence-electron chi connectivity index (χ3n) is 7.24. The van der Waals surface area contributed by atoms with Gasteiger partial charge >= 0.3 is 6.03 Å². The van der Waals surface area contributed by atoms with Crippen LogP contribution in [0.4, 0.5) is 4.79 Å². The highest BCUT2D eigenvalue weighted by atomic mass is 32.2. The molecule has 3 fully saturated rings. The molecule has 176 valence electrons. The van der Waals surface area contributed by atoms with Gasteiger partial charge in [0.15, 0.2) is 0 Å². The Morgan fingerprint density at radius 1 is 1.13 bits per heavy atom. The second-order valence-electron chi connectivity index (χ2n) is 10.5. The molecule has 0 unspecified atom stereocenters. The van der Waals surface area contributed by atoms with Crippen molar-refractivity contribution in [3.8, 4) is 0 Å².